The van der Waals surface area contributed by atoms with Crippen molar-refractivity contribution < 1.29 is 31.9 Å². The van der Waals surface area contributed by atoms with Crippen molar-refractivity contribution in [3.8, 4) is 22.8 Å². The second-order valence-electron chi connectivity index (χ2n) is 6.04. The molecule has 0 atom stereocenters. The predicted octanol–water partition coefficient (Wildman–Crippen LogP) is 4.67. The molecule has 1 heterocycles. The van der Waals surface area contributed by atoms with Gasteiger partial charge in [-0.1, -0.05) is 6.07 Å². The Morgan fingerprint density at radius 2 is 1.83 bits per heavy atom. The minimum Gasteiger partial charge on any atom is -0.493 e. The molecule has 3 rings (SSSR count). The van der Waals surface area contributed by atoms with Crippen LogP contribution < -0.4 is 14.8 Å². The molecule has 0 spiro atoms. The van der Waals surface area contributed by atoms with E-state index in [1.807, 2.05) is 0 Å². The Morgan fingerprint density at radius 1 is 1.07 bits per heavy atom. The maximum absolute atomic E-state index is 13.0. The van der Waals surface area contributed by atoms with Crippen molar-refractivity contribution in [1.29, 1.82) is 0 Å². The molecule has 0 bridgehead atoms. The summed E-state index contributed by atoms with van der Waals surface area (Å²) in [7, 11) is 1.36. The molecular formula is C21H18F3NO4. The van der Waals surface area contributed by atoms with Crippen LogP contribution in [0.1, 0.15) is 16.1 Å². The first-order valence-electron chi connectivity index (χ1n) is 8.72. The lowest BCUT2D eigenvalue weighted by molar-refractivity contribution is -0.0512. The van der Waals surface area contributed by atoms with Gasteiger partial charge < -0.3 is 19.2 Å². The van der Waals surface area contributed by atoms with E-state index in [4.69, 9.17) is 9.15 Å². The van der Waals surface area contributed by atoms with Gasteiger partial charge in [0.1, 0.15) is 11.6 Å². The molecule has 1 aromatic heterocycles. The van der Waals surface area contributed by atoms with Crippen LogP contribution in [0.25, 0.3) is 11.3 Å². The van der Waals surface area contributed by atoms with Crippen LogP contribution in [-0.2, 0) is 6.42 Å². The number of amides is 1. The zero-order chi connectivity index (χ0) is 20.8. The molecule has 0 aliphatic heterocycles. The molecule has 8 heteroatoms. The topological polar surface area (TPSA) is 60.7 Å². The number of halogens is 3. The zero-order valence-corrected chi connectivity index (χ0v) is 15.5. The lowest BCUT2D eigenvalue weighted by atomic mass is 10.1. The van der Waals surface area contributed by atoms with Crippen molar-refractivity contribution in [3.05, 3.63) is 71.7 Å². The third-order valence-corrected chi connectivity index (χ3v) is 4.10. The van der Waals surface area contributed by atoms with Crippen LogP contribution >= 0.6 is 0 Å². The number of rotatable bonds is 8. The number of methoxy groups -OCH3 is 1. The number of hydrogen-bond donors (Lipinski definition) is 1. The molecule has 0 saturated carbocycles. The van der Waals surface area contributed by atoms with Gasteiger partial charge in [-0.2, -0.15) is 8.78 Å². The Kier molecular flexibility index (Phi) is 6.43. The van der Waals surface area contributed by atoms with Gasteiger partial charge in [0.2, 0.25) is 0 Å². The van der Waals surface area contributed by atoms with Gasteiger partial charge in [0.05, 0.1) is 7.11 Å². The van der Waals surface area contributed by atoms with Crippen molar-refractivity contribution in [2.45, 2.75) is 13.0 Å². The molecular weight excluding hydrogens is 387 g/mol. The van der Waals surface area contributed by atoms with E-state index in [9.17, 15) is 18.0 Å². The van der Waals surface area contributed by atoms with Gasteiger partial charge in [-0.15, -0.1) is 0 Å². The number of alkyl halides is 2. The van der Waals surface area contributed by atoms with Crippen molar-refractivity contribution in [3.63, 3.8) is 0 Å². The number of carbonyl (C=O) groups excluding carboxylic acids is 1. The minimum atomic E-state index is -2.94. The summed E-state index contributed by atoms with van der Waals surface area (Å²) >= 11 is 0. The highest BCUT2D eigenvalue weighted by Crippen LogP contribution is 2.29. The second kappa shape index (κ2) is 9.18. The van der Waals surface area contributed by atoms with Gasteiger partial charge in [-0.3, -0.25) is 4.79 Å². The molecule has 29 heavy (non-hydrogen) atoms. The number of furan rings is 1. The van der Waals surface area contributed by atoms with Crippen LogP contribution in [0.3, 0.4) is 0 Å². The molecule has 5 nitrogen and oxygen atoms in total. The second-order valence-corrected chi connectivity index (χ2v) is 6.04. The summed E-state index contributed by atoms with van der Waals surface area (Å²) in [6.07, 6.45) is 0.447. The quantitative estimate of drug-likeness (QED) is 0.592. The van der Waals surface area contributed by atoms with Crippen LogP contribution in [0.15, 0.2) is 59.0 Å². The molecule has 0 aliphatic rings. The Morgan fingerprint density at radius 3 is 2.52 bits per heavy atom. The van der Waals surface area contributed by atoms with E-state index in [-0.39, 0.29) is 23.1 Å². The van der Waals surface area contributed by atoms with Gasteiger partial charge >= 0.3 is 6.61 Å². The first kappa shape index (κ1) is 20.3. The Labute approximate surface area is 165 Å². The summed E-state index contributed by atoms with van der Waals surface area (Å²) in [5.74, 6) is -0.0490. The third kappa shape index (κ3) is 5.31. The van der Waals surface area contributed by atoms with Crippen LogP contribution in [0.2, 0.25) is 0 Å². The zero-order valence-electron chi connectivity index (χ0n) is 15.5. The third-order valence-electron chi connectivity index (χ3n) is 4.10. The lowest BCUT2D eigenvalue weighted by Gasteiger charge is -2.11. The first-order valence-corrected chi connectivity index (χ1v) is 8.72. The van der Waals surface area contributed by atoms with Gasteiger partial charge in [0.25, 0.3) is 5.91 Å². The van der Waals surface area contributed by atoms with E-state index >= 15 is 0 Å². The maximum Gasteiger partial charge on any atom is 0.387 e. The predicted molar refractivity (Wildman–Crippen MR) is 99.8 cm³/mol. The molecule has 3 aromatic rings. The average molecular weight is 405 g/mol. The van der Waals surface area contributed by atoms with Crippen LogP contribution in [-0.4, -0.2) is 26.2 Å². The fourth-order valence-corrected chi connectivity index (χ4v) is 2.70. The van der Waals surface area contributed by atoms with Gasteiger partial charge in [-0.05, 0) is 60.5 Å². The summed E-state index contributed by atoms with van der Waals surface area (Å²) in [5, 5.41) is 2.72. The maximum atomic E-state index is 13.0. The van der Waals surface area contributed by atoms with Gasteiger partial charge in [-0.25, -0.2) is 4.39 Å². The molecule has 2 aromatic carbocycles. The summed E-state index contributed by atoms with van der Waals surface area (Å²) in [4.78, 5) is 12.2. The van der Waals surface area contributed by atoms with Crippen LogP contribution in [0.4, 0.5) is 13.2 Å². The van der Waals surface area contributed by atoms with Crippen LogP contribution in [0.5, 0.6) is 11.5 Å². The van der Waals surface area contributed by atoms with E-state index < -0.39 is 12.5 Å². The smallest absolute Gasteiger partial charge is 0.387 e. The normalized spacial score (nSPS) is 10.8. The van der Waals surface area contributed by atoms with Gasteiger partial charge in [0.15, 0.2) is 17.3 Å². The Balaban J connectivity index is 1.57. The molecule has 1 N–H and O–H groups in total. The highest BCUT2D eigenvalue weighted by atomic mass is 19.3. The highest BCUT2D eigenvalue weighted by molar-refractivity contribution is 5.92. The molecule has 0 aliphatic carbocycles. The first-order chi connectivity index (χ1) is 14.0. The van der Waals surface area contributed by atoms with E-state index in [2.05, 4.69) is 10.1 Å². The summed E-state index contributed by atoms with van der Waals surface area (Å²) in [6.45, 7) is -2.65. The van der Waals surface area contributed by atoms with Crippen molar-refractivity contribution >= 4 is 5.91 Å². The molecule has 1 amide bonds. The number of hydrogen-bond acceptors (Lipinski definition) is 4. The lowest BCUT2D eigenvalue weighted by Crippen LogP contribution is -2.25. The molecule has 152 valence electrons. The molecule has 0 radical (unpaired) electrons. The fourth-order valence-electron chi connectivity index (χ4n) is 2.70. The van der Waals surface area contributed by atoms with E-state index in [1.165, 1.54) is 31.4 Å². The minimum absolute atomic E-state index is 0.0563. The van der Waals surface area contributed by atoms with E-state index in [1.54, 1.807) is 30.3 Å². The summed E-state index contributed by atoms with van der Waals surface area (Å²) in [5.41, 5.74) is 1.43. The number of carbonyl (C=O) groups is 1. The Bertz CT molecular complexity index is 970. The van der Waals surface area contributed by atoms with Crippen molar-refractivity contribution in [2.24, 2.45) is 0 Å². The average Bonchev–Trinajstić information content (AvgIpc) is 3.19. The van der Waals surface area contributed by atoms with Crippen molar-refractivity contribution in [1.82, 2.24) is 5.32 Å². The fraction of sp³-hybridized carbons (Fsp3) is 0.190. The number of nitrogens with one attached hydrogen (secondary N) is 1. The monoisotopic (exact) mass is 405 g/mol. The molecule has 0 unspecified atom stereocenters. The highest BCUT2D eigenvalue weighted by Gasteiger charge is 2.13. The summed E-state index contributed by atoms with van der Waals surface area (Å²) in [6, 6.07) is 13.5. The molecule has 0 fully saturated rings. The van der Waals surface area contributed by atoms with Crippen LogP contribution in [0, 0.1) is 5.82 Å². The van der Waals surface area contributed by atoms with E-state index in [0.29, 0.717) is 24.3 Å². The molecule has 0 saturated heterocycles. The van der Waals surface area contributed by atoms with Crippen molar-refractivity contribution in [2.75, 3.05) is 13.7 Å². The summed E-state index contributed by atoms with van der Waals surface area (Å²) < 4.78 is 52.7. The SMILES string of the molecule is COc1cc(CCNC(=O)c2ccc(-c3ccc(F)cc3)o2)ccc1OC(F)F. The standard InChI is InChI=1S/C21H18F3NO4/c1-27-19-12-13(2-7-17(19)29-21(23)24)10-11-25-20(26)18-9-8-16(28-18)14-3-5-15(22)6-4-14/h2-9,12,21H,10-11H2,1H3,(H,25,26). The van der Waals surface area contributed by atoms with Gasteiger partial charge in [0, 0.05) is 12.1 Å². The number of benzene rings is 2. The Hall–Kier alpha value is -3.42. The van der Waals surface area contributed by atoms with E-state index in [0.717, 1.165) is 5.56 Å². The number of ether oxygens (including phenoxy) is 2. The largest absolute Gasteiger partial charge is 0.493 e.